The fourth-order valence-electron chi connectivity index (χ4n) is 5.64. The van der Waals surface area contributed by atoms with Crippen molar-refractivity contribution in [2.45, 2.75) is 0 Å². The first kappa shape index (κ1) is 25.2. The molecule has 0 aliphatic carbocycles. The van der Waals surface area contributed by atoms with Crippen LogP contribution in [0, 0.1) is 0 Å². The van der Waals surface area contributed by atoms with E-state index in [0.29, 0.717) is 17.1 Å². The van der Waals surface area contributed by atoms with Crippen LogP contribution in [-0.2, 0) is 0 Å². The van der Waals surface area contributed by atoms with Crippen molar-refractivity contribution >= 4 is 52.8 Å². The molecule has 8 heteroatoms. The van der Waals surface area contributed by atoms with Gasteiger partial charge in [-0.25, -0.2) is 9.97 Å². The molecule has 206 valence electrons. The first-order valence-corrected chi connectivity index (χ1v) is 15.3. The van der Waals surface area contributed by atoms with Crippen LogP contribution in [0.5, 0.6) is 0 Å². The van der Waals surface area contributed by atoms with E-state index in [2.05, 4.69) is 99.4 Å². The molecule has 0 radical (unpaired) electrons. The van der Waals surface area contributed by atoms with Crippen LogP contribution in [0.4, 0.5) is 11.4 Å². The minimum atomic E-state index is -1.28. The summed E-state index contributed by atoms with van der Waals surface area (Å²) >= 11 is 0. The molecule has 1 atom stereocenters. The van der Waals surface area contributed by atoms with E-state index in [1.54, 1.807) is 6.20 Å². The second kappa shape index (κ2) is 10.4. The molecule has 0 saturated heterocycles. The number of anilines is 2. The second-order valence-electron chi connectivity index (χ2n) is 10.2. The van der Waals surface area contributed by atoms with E-state index in [0.717, 1.165) is 50.1 Å². The summed E-state index contributed by atoms with van der Waals surface area (Å²) in [6.45, 7) is 0. The molecule has 4 heterocycles. The molecule has 7 aromatic rings. The van der Waals surface area contributed by atoms with Gasteiger partial charge in [0.1, 0.15) is 22.3 Å². The van der Waals surface area contributed by atoms with Crippen molar-refractivity contribution in [3.8, 4) is 17.1 Å². The quantitative estimate of drug-likeness (QED) is 0.210. The number of benzene rings is 4. The van der Waals surface area contributed by atoms with Gasteiger partial charge in [-0.15, -0.1) is 0 Å². The Labute approximate surface area is 249 Å². The van der Waals surface area contributed by atoms with E-state index in [1.807, 2.05) is 48.5 Å². The van der Waals surface area contributed by atoms with Gasteiger partial charge in [0.2, 0.25) is 0 Å². The summed E-state index contributed by atoms with van der Waals surface area (Å²) < 4.78 is 4.52. The fraction of sp³-hybridized carbons (Fsp3) is 0. The SMILES string of the molecule is Nc1cccnc1-c1nc2c3ccccc3n(-c3ccccc3)c2nc1P1NC=C(c2ccccc2)N1c1ccccc1. The number of nitrogens with zero attached hydrogens (tertiary/aromatic N) is 5. The highest BCUT2D eigenvalue weighted by Crippen LogP contribution is 2.51. The zero-order chi connectivity index (χ0) is 28.8. The van der Waals surface area contributed by atoms with Gasteiger partial charge in [-0.2, -0.15) is 0 Å². The van der Waals surface area contributed by atoms with Crippen LogP contribution >= 0.6 is 8.22 Å². The summed E-state index contributed by atoms with van der Waals surface area (Å²) in [5.74, 6) is 0. The summed E-state index contributed by atoms with van der Waals surface area (Å²) in [4.78, 5) is 15.6. The van der Waals surface area contributed by atoms with Gasteiger partial charge in [0.05, 0.1) is 16.9 Å². The Bertz CT molecular complexity index is 2130. The van der Waals surface area contributed by atoms with Crippen LogP contribution in [0.25, 0.3) is 44.8 Å². The molecule has 8 rings (SSSR count). The van der Waals surface area contributed by atoms with Crippen LogP contribution in [0.1, 0.15) is 5.56 Å². The summed E-state index contributed by atoms with van der Waals surface area (Å²) in [6.07, 6.45) is 3.84. The molecule has 1 aliphatic rings. The number of nitrogen functional groups attached to an aromatic ring is 1. The molecule has 0 saturated carbocycles. The lowest BCUT2D eigenvalue weighted by atomic mass is 10.1. The highest BCUT2D eigenvalue weighted by Gasteiger charge is 2.35. The standard InChI is InChI=1S/C35H26N7P/c36-28-20-12-22-37-32(28)33-35(43-38-23-30(24-13-4-1-5-14-24)42(43)26-17-8-3-9-18-26)40-34-31(39-33)27-19-10-11-21-29(27)41(34)25-15-6-2-7-16-25/h1-23,38H,36H2. The topological polar surface area (TPSA) is 84.9 Å². The van der Waals surface area contributed by atoms with E-state index in [-0.39, 0.29) is 0 Å². The molecule has 3 N–H and O–H groups in total. The summed E-state index contributed by atoms with van der Waals surface area (Å²) in [5, 5.41) is 4.73. The average molecular weight is 576 g/mol. The minimum absolute atomic E-state index is 0.556. The largest absolute Gasteiger partial charge is 0.397 e. The van der Waals surface area contributed by atoms with Crippen LogP contribution in [0.15, 0.2) is 140 Å². The van der Waals surface area contributed by atoms with Crippen molar-refractivity contribution in [1.29, 1.82) is 0 Å². The molecule has 1 unspecified atom stereocenters. The number of fused-ring (bicyclic) bond motifs is 3. The zero-order valence-electron chi connectivity index (χ0n) is 23.0. The molecular formula is C35H26N7P. The normalized spacial score (nSPS) is 14.7. The Balaban J connectivity index is 1.43. The lowest BCUT2D eigenvalue weighted by Crippen LogP contribution is -2.26. The summed E-state index contributed by atoms with van der Waals surface area (Å²) in [5.41, 5.74) is 16.1. The van der Waals surface area contributed by atoms with Crippen molar-refractivity contribution in [2.75, 3.05) is 10.4 Å². The fourth-order valence-corrected chi connectivity index (χ4v) is 7.61. The van der Waals surface area contributed by atoms with Crippen LogP contribution < -0.4 is 20.9 Å². The van der Waals surface area contributed by atoms with Crippen molar-refractivity contribution in [3.63, 3.8) is 0 Å². The van der Waals surface area contributed by atoms with Gasteiger partial charge in [-0.3, -0.25) is 14.2 Å². The smallest absolute Gasteiger partial charge is 0.165 e. The van der Waals surface area contributed by atoms with E-state index in [1.165, 1.54) is 0 Å². The maximum atomic E-state index is 6.56. The van der Waals surface area contributed by atoms with E-state index in [4.69, 9.17) is 20.7 Å². The van der Waals surface area contributed by atoms with Crippen molar-refractivity contribution in [2.24, 2.45) is 0 Å². The number of nitrogens with one attached hydrogen (secondary N) is 1. The number of hydrogen-bond acceptors (Lipinski definition) is 6. The number of para-hydroxylation sites is 3. The van der Waals surface area contributed by atoms with Crippen LogP contribution in [0.2, 0.25) is 0 Å². The molecule has 3 aromatic heterocycles. The molecule has 43 heavy (non-hydrogen) atoms. The zero-order valence-corrected chi connectivity index (χ0v) is 23.9. The Morgan fingerprint density at radius 3 is 2.07 bits per heavy atom. The molecule has 0 spiro atoms. The van der Waals surface area contributed by atoms with Gasteiger partial charge in [0, 0.05) is 29.2 Å². The lowest BCUT2D eigenvalue weighted by molar-refractivity contribution is 1.13. The molecular weight excluding hydrogens is 549 g/mol. The first-order chi connectivity index (χ1) is 21.3. The molecule has 0 amide bonds. The Kier molecular flexibility index (Phi) is 6.09. The molecule has 0 bridgehead atoms. The second-order valence-corrected chi connectivity index (χ2v) is 11.9. The third kappa shape index (κ3) is 4.21. The summed E-state index contributed by atoms with van der Waals surface area (Å²) in [6, 6.07) is 43.1. The summed E-state index contributed by atoms with van der Waals surface area (Å²) in [7, 11) is -1.28. The van der Waals surface area contributed by atoms with E-state index < -0.39 is 8.22 Å². The number of pyridine rings is 1. The van der Waals surface area contributed by atoms with Gasteiger partial charge in [-0.1, -0.05) is 84.9 Å². The Hall–Kier alpha value is -5.52. The lowest BCUT2D eigenvalue weighted by Gasteiger charge is -2.29. The van der Waals surface area contributed by atoms with Crippen molar-refractivity contribution in [1.82, 2.24) is 24.6 Å². The average Bonchev–Trinajstić information content (AvgIpc) is 3.65. The predicted molar refractivity (Wildman–Crippen MR) is 177 cm³/mol. The van der Waals surface area contributed by atoms with Gasteiger partial charge in [0.15, 0.2) is 13.9 Å². The Morgan fingerprint density at radius 1 is 0.651 bits per heavy atom. The highest BCUT2D eigenvalue weighted by atomic mass is 31.1. The molecule has 1 aliphatic heterocycles. The third-order valence-electron chi connectivity index (χ3n) is 7.57. The third-order valence-corrected chi connectivity index (χ3v) is 9.50. The predicted octanol–water partition coefficient (Wildman–Crippen LogP) is 7.26. The minimum Gasteiger partial charge on any atom is -0.397 e. The van der Waals surface area contributed by atoms with Crippen molar-refractivity contribution < 1.29 is 0 Å². The van der Waals surface area contributed by atoms with E-state index in [9.17, 15) is 0 Å². The highest BCUT2D eigenvalue weighted by molar-refractivity contribution is 7.66. The number of hydrogen-bond donors (Lipinski definition) is 2. The van der Waals surface area contributed by atoms with Crippen molar-refractivity contribution in [3.05, 3.63) is 145 Å². The van der Waals surface area contributed by atoms with Gasteiger partial charge >= 0.3 is 0 Å². The number of aromatic nitrogens is 4. The monoisotopic (exact) mass is 575 g/mol. The molecule has 4 aromatic carbocycles. The Morgan fingerprint density at radius 2 is 1.33 bits per heavy atom. The number of nitrogens with two attached hydrogens (primary N) is 1. The maximum absolute atomic E-state index is 6.56. The maximum Gasteiger partial charge on any atom is 0.165 e. The van der Waals surface area contributed by atoms with Gasteiger partial charge in [-0.05, 0) is 48.0 Å². The molecule has 0 fully saturated rings. The van der Waals surface area contributed by atoms with Crippen LogP contribution in [0.3, 0.4) is 0 Å². The number of rotatable bonds is 5. The van der Waals surface area contributed by atoms with E-state index >= 15 is 0 Å². The molecule has 7 nitrogen and oxygen atoms in total. The van der Waals surface area contributed by atoms with Gasteiger partial charge in [0.25, 0.3) is 0 Å². The first-order valence-electron chi connectivity index (χ1n) is 14.0. The van der Waals surface area contributed by atoms with Gasteiger partial charge < -0.3 is 10.8 Å². The van der Waals surface area contributed by atoms with Crippen LogP contribution in [-0.4, -0.2) is 19.5 Å².